The van der Waals surface area contributed by atoms with Gasteiger partial charge in [-0.15, -0.1) is 0 Å². The zero-order valence-electron chi connectivity index (χ0n) is 29.7. The van der Waals surface area contributed by atoms with Gasteiger partial charge in [-0.1, -0.05) is 97.1 Å². The number of anilines is 2. The summed E-state index contributed by atoms with van der Waals surface area (Å²) in [7, 11) is 2.75. The van der Waals surface area contributed by atoms with Crippen molar-refractivity contribution < 1.29 is 28.1 Å². The molecule has 0 radical (unpaired) electrons. The molecule has 5 aromatic rings. The Morgan fingerprint density at radius 3 is 1.31 bits per heavy atom. The molecule has 0 bridgehead atoms. The molecule has 4 atom stereocenters. The SMILES string of the molecule is COC(=O)C(Cc1ccccc1)NP1(=S)Oc2ccccc2CN1c1ccc(N2Cc3ccccc3OP2(=S)NC(Cc2ccccc2)C(=O)OC)cc1. The first kappa shape index (κ1) is 37.8. The van der Waals surface area contributed by atoms with E-state index in [9.17, 15) is 9.59 Å². The van der Waals surface area contributed by atoms with Crippen molar-refractivity contribution >= 4 is 60.1 Å². The molecule has 2 aliphatic heterocycles. The molecule has 278 valence electrons. The summed E-state index contributed by atoms with van der Waals surface area (Å²) in [6, 6.07) is 41.4. The minimum atomic E-state index is -3.12. The van der Waals surface area contributed by atoms with Crippen LogP contribution in [0.3, 0.4) is 0 Å². The van der Waals surface area contributed by atoms with Crippen LogP contribution >= 0.6 is 13.1 Å². The van der Waals surface area contributed by atoms with Crippen LogP contribution in [0.4, 0.5) is 11.4 Å². The molecular weight excluding hydrogens is 759 g/mol. The van der Waals surface area contributed by atoms with Crippen LogP contribution in [0.2, 0.25) is 0 Å². The number of rotatable bonds is 12. The monoisotopic (exact) mass is 798 g/mol. The summed E-state index contributed by atoms with van der Waals surface area (Å²) < 4.78 is 27.8. The lowest BCUT2D eigenvalue weighted by atomic mass is 10.1. The molecule has 54 heavy (non-hydrogen) atoms. The molecule has 0 spiro atoms. The van der Waals surface area contributed by atoms with E-state index in [-0.39, 0.29) is 0 Å². The Bertz CT molecular complexity index is 2060. The molecule has 10 nitrogen and oxygen atoms in total. The van der Waals surface area contributed by atoms with E-state index in [1.54, 1.807) is 0 Å². The van der Waals surface area contributed by atoms with Gasteiger partial charge in [0.2, 0.25) is 0 Å². The predicted octanol–water partition coefficient (Wildman–Crippen LogP) is 7.68. The highest BCUT2D eigenvalue weighted by Crippen LogP contribution is 2.58. The predicted molar refractivity (Wildman–Crippen MR) is 220 cm³/mol. The molecule has 0 aliphatic carbocycles. The number of hydrogen-bond acceptors (Lipinski definition) is 8. The van der Waals surface area contributed by atoms with Crippen LogP contribution in [0.1, 0.15) is 22.3 Å². The second kappa shape index (κ2) is 16.4. The second-order valence-electron chi connectivity index (χ2n) is 12.9. The van der Waals surface area contributed by atoms with Gasteiger partial charge >= 0.3 is 11.9 Å². The number of esters is 2. The van der Waals surface area contributed by atoms with Crippen molar-refractivity contribution in [2.45, 2.75) is 38.0 Å². The molecule has 5 aromatic carbocycles. The third kappa shape index (κ3) is 8.25. The lowest BCUT2D eigenvalue weighted by Gasteiger charge is -2.43. The van der Waals surface area contributed by atoms with E-state index in [1.165, 1.54) is 14.2 Å². The molecule has 0 fully saturated rings. The summed E-state index contributed by atoms with van der Waals surface area (Å²) in [5, 5.41) is 6.88. The Morgan fingerprint density at radius 1 is 0.593 bits per heavy atom. The number of nitrogens with one attached hydrogen (secondary N) is 2. The number of nitrogens with zero attached hydrogens (tertiary/aromatic N) is 2. The maximum atomic E-state index is 13.2. The first-order chi connectivity index (χ1) is 26.2. The summed E-state index contributed by atoms with van der Waals surface area (Å²) in [5.74, 6) is 0.496. The summed E-state index contributed by atoms with van der Waals surface area (Å²) in [6.07, 6.45) is 0.739. The normalized spacial score (nSPS) is 20.0. The van der Waals surface area contributed by atoms with Gasteiger partial charge in [0, 0.05) is 22.5 Å². The second-order valence-corrected chi connectivity index (χ2v) is 19.8. The van der Waals surface area contributed by atoms with E-state index in [0.717, 1.165) is 33.6 Å². The van der Waals surface area contributed by atoms with E-state index in [4.69, 9.17) is 42.1 Å². The van der Waals surface area contributed by atoms with Gasteiger partial charge in [0.15, 0.2) is 0 Å². The van der Waals surface area contributed by atoms with E-state index >= 15 is 0 Å². The van der Waals surface area contributed by atoms with Crippen LogP contribution in [-0.2, 0) is 68.6 Å². The molecule has 0 saturated heterocycles. The van der Waals surface area contributed by atoms with Crippen molar-refractivity contribution in [3.8, 4) is 11.5 Å². The molecule has 2 heterocycles. The first-order valence-corrected chi connectivity index (χ1v) is 22.7. The van der Waals surface area contributed by atoms with Gasteiger partial charge in [-0.25, -0.2) is 10.2 Å². The minimum absolute atomic E-state index is 0.370. The maximum absolute atomic E-state index is 13.2. The fourth-order valence-corrected chi connectivity index (χ4v) is 12.9. The number of methoxy groups -OCH3 is 2. The molecule has 0 amide bonds. The Hall–Kier alpha value is -4.54. The van der Waals surface area contributed by atoms with Crippen LogP contribution in [0.15, 0.2) is 133 Å². The Labute approximate surface area is 325 Å². The molecule has 4 unspecified atom stereocenters. The molecular formula is C40H40N4O6P2S2. The quantitative estimate of drug-likeness (QED) is 0.0957. The summed E-state index contributed by atoms with van der Waals surface area (Å²) in [6.45, 7) is -5.33. The molecule has 2 aliphatic rings. The first-order valence-electron chi connectivity index (χ1n) is 17.4. The van der Waals surface area contributed by atoms with Crippen LogP contribution in [-0.4, -0.2) is 38.2 Å². The average molecular weight is 799 g/mol. The van der Waals surface area contributed by atoms with Gasteiger partial charge in [0.05, 0.1) is 27.3 Å². The number of fused-ring (bicyclic) bond motifs is 2. The number of hydrogen-bond donors (Lipinski definition) is 2. The smallest absolute Gasteiger partial charge is 0.323 e. The standard InChI is InChI=1S/C40H40N4O6P2S2/c1-47-39(45)35(25-29-13-5-3-6-14-29)41-51(53)43(27-31-17-9-11-19-37(31)49-51)33-21-23-34(24-22-33)44-28-32-18-10-12-20-38(32)50-52(44,54)42-36(40(46)48-2)26-30-15-7-4-8-16-30/h3-24,35-36H,25-28H2,1-2H3,(H,41,53)(H,42,54). The minimum Gasteiger partial charge on any atom is -0.468 e. The van der Waals surface area contributed by atoms with E-state index in [1.807, 2.05) is 143 Å². The van der Waals surface area contributed by atoms with E-state index < -0.39 is 37.2 Å². The lowest BCUT2D eigenvalue weighted by molar-refractivity contribution is -0.143. The van der Waals surface area contributed by atoms with Crippen LogP contribution < -0.4 is 28.6 Å². The fourth-order valence-electron chi connectivity index (χ4n) is 6.54. The van der Waals surface area contributed by atoms with Crippen molar-refractivity contribution in [2.75, 3.05) is 23.6 Å². The van der Waals surface area contributed by atoms with Gasteiger partial charge < -0.3 is 18.5 Å². The molecule has 7 rings (SSSR count). The van der Waals surface area contributed by atoms with Crippen LogP contribution in [0.5, 0.6) is 11.5 Å². The highest BCUT2D eigenvalue weighted by Gasteiger charge is 2.41. The van der Waals surface area contributed by atoms with E-state index in [0.29, 0.717) is 37.4 Å². The summed E-state index contributed by atoms with van der Waals surface area (Å²) in [5.41, 5.74) is 5.45. The zero-order chi connectivity index (χ0) is 37.7. The molecule has 2 N–H and O–H groups in total. The van der Waals surface area contributed by atoms with Crippen molar-refractivity contribution in [1.29, 1.82) is 0 Å². The Kier molecular flexibility index (Phi) is 11.5. The zero-order valence-corrected chi connectivity index (χ0v) is 33.2. The van der Waals surface area contributed by atoms with Crippen molar-refractivity contribution in [3.05, 3.63) is 156 Å². The maximum Gasteiger partial charge on any atom is 0.323 e. The summed E-state index contributed by atoms with van der Waals surface area (Å²) >= 11 is 12.7. The number of para-hydroxylation sites is 2. The Morgan fingerprint density at radius 2 is 0.944 bits per heavy atom. The molecule has 14 heteroatoms. The lowest BCUT2D eigenvalue weighted by Crippen LogP contribution is -2.44. The van der Waals surface area contributed by atoms with E-state index in [2.05, 4.69) is 10.2 Å². The summed E-state index contributed by atoms with van der Waals surface area (Å²) in [4.78, 5) is 26.4. The fraction of sp³-hybridized carbons (Fsp3) is 0.200. The molecule has 0 aromatic heterocycles. The average Bonchev–Trinajstić information content (AvgIpc) is 3.20. The number of carbonyl (C=O) groups excluding carboxylic acids is 2. The van der Waals surface area contributed by atoms with Crippen LogP contribution in [0.25, 0.3) is 0 Å². The Balaban J connectivity index is 1.22. The third-order valence-electron chi connectivity index (χ3n) is 9.29. The van der Waals surface area contributed by atoms with Gasteiger partial charge in [-0.2, -0.15) is 0 Å². The van der Waals surface area contributed by atoms with Crippen molar-refractivity contribution in [1.82, 2.24) is 10.2 Å². The third-order valence-corrected chi connectivity index (χ3v) is 15.7. The largest absolute Gasteiger partial charge is 0.468 e. The number of carbonyl (C=O) groups is 2. The number of benzene rings is 5. The van der Waals surface area contributed by atoms with Gasteiger partial charge in [-0.3, -0.25) is 18.9 Å². The molecule has 0 saturated carbocycles. The van der Waals surface area contributed by atoms with Gasteiger partial charge in [-0.05, 0) is 84.0 Å². The van der Waals surface area contributed by atoms with Gasteiger partial charge in [0.25, 0.3) is 13.1 Å². The van der Waals surface area contributed by atoms with Gasteiger partial charge in [0.1, 0.15) is 23.6 Å². The topological polar surface area (TPSA) is 102 Å². The van der Waals surface area contributed by atoms with Crippen molar-refractivity contribution in [2.24, 2.45) is 0 Å². The highest BCUT2D eigenvalue weighted by molar-refractivity contribution is 8.12. The highest BCUT2D eigenvalue weighted by atomic mass is 32.5. The number of ether oxygens (including phenoxy) is 2. The van der Waals surface area contributed by atoms with Crippen molar-refractivity contribution in [3.63, 3.8) is 0 Å². The van der Waals surface area contributed by atoms with Crippen LogP contribution in [0, 0.1) is 0 Å².